The van der Waals surface area contributed by atoms with Crippen LogP contribution in [0.4, 0.5) is 5.82 Å². The molecule has 0 aliphatic carbocycles. The number of aromatic nitrogens is 4. The molecule has 3 heterocycles. The molecule has 0 saturated carbocycles. The molecule has 234 valence electrons. The fraction of sp³-hybridized carbons (Fsp3) is 0.290. The van der Waals surface area contributed by atoms with Crippen LogP contribution in [-0.4, -0.2) is 55.6 Å². The monoisotopic (exact) mass is 651 g/mol. The zero-order valence-corrected chi connectivity index (χ0v) is 25.9. The van der Waals surface area contributed by atoms with E-state index < -0.39 is 44.5 Å². The van der Waals surface area contributed by atoms with Crippen molar-refractivity contribution < 1.29 is 33.0 Å². The van der Waals surface area contributed by atoms with Gasteiger partial charge in [-0.05, 0) is 28.6 Å². The molecule has 0 amide bonds. The Bertz CT molecular complexity index is 1870. The predicted molar refractivity (Wildman–Crippen MR) is 168 cm³/mol. The Morgan fingerprint density at radius 2 is 1.89 bits per heavy atom. The molecule has 0 spiro atoms. The number of fused-ring (bicyclic) bond motifs is 2. The fourth-order valence-electron chi connectivity index (χ4n) is 5.28. The molecular formula is C31H31ClN5O7P. The van der Waals surface area contributed by atoms with Gasteiger partial charge in [-0.15, -0.1) is 0 Å². The van der Waals surface area contributed by atoms with Crippen molar-refractivity contribution in [1.82, 2.24) is 19.5 Å². The molecule has 3 N–H and O–H groups in total. The normalized spacial score (nSPS) is 20.2. The molecule has 0 radical (unpaired) electrons. The van der Waals surface area contributed by atoms with Gasteiger partial charge in [-0.2, -0.15) is 9.97 Å². The van der Waals surface area contributed by atoms with Crippen LogP contribution in [0.3, 0.4) is 0 Å². The van der Waals surface area contributed by atoms with Gasteiger partial charge < -0.3 is 24.8 Å². The molecule has 1 fully saturated rings. The van der Waals surface area contributed by atoms with Crippen LogP contribution in [0.5, 0.6) is 5.75 Å². The van der Waals surface area contributed by atoms with Crippen molar-refractivity contribution in [3.8, 4) is 5.75 Å². The highest BCUT2D eigenvalue weighted by atomic mass is 35.5. The van der Waals surface area contributed by atoms with Gasteiger partial charge in [0.15, 0.2) is 11.5 Å². The maximum Gasteiger partial charge on any atom is 0.380 e. The number of nitrogens with zero attached hydrogens (tertiary/aromatic N) is 4. The first-order valence-corrected chi connectivity index (χ1v) is 16.4. The number of esters is 1. The highest BCUT2D eigenvalue weighted by molar-refractivity contribution is 7.54. The van der Waals surface area contributed by atoms with E-state index in [1.54, 1.807) is 23.6 Å². The van der Waals surface area contributed by atoms with Gasteiger partial charge in [0.05, 0.1) is 25.0 Å². The number of carbonyl (C=O) groups is 1. The van der Waals surface area contributed by atoms with Gasteiger partial charge in [0, 0.05) is 11.8 Å². The van der Waals surface area contributed by atoms with Crippen molar-refractivity contribution in [3.05, 3.63) is 90.0 Å². The number of aliphatic hydroxyl groups is 1. The van der Waals surface area contributed by atoms with Crippen LogP contribution in [0, 0.1) is 5.92 Å². The number of ether oxygens (including phenoxy) is 2. The zero-order valence-electron chi connectivity index (χ0n) is 24.2. The third kappa shape index (κ3) is 6.80. The van der Waals surface area contributed by atoms with E-state index in [4.69, 9.17) is 35.9 Å². The number of imidazole rings is 1. The number of rotatable bonds is 11. The Morgan fingerprint density at radius 1 is 1.13 bits per heavy atom. The van der Waals surface area contributed by atoms with Gasteiger partial charge in [0.25, 0.3) is 0 Å². The lowest BCUT2D eigenvalue weighted by molar-refractivity contribution is -0.148. The summed E-state index contributed by atoms with van der Waals surface area (Å²) in [5.41, 5.74) is 7.45. The number of hydrogen-bond donors (Lipinski definition) is 2. The number of aliphatic hydroxyl groups excluding tert-OH is 1. The molecular weight excluding hydrogens is 621 g/mol. The van der Waals surface area contributed by atoms with Gasteiger partial charge in [-0.1, -0.05) is 73.7 Å². The second kappa shape index (κ2) is 13.1. The first-order valence-electron chi connectivity index (χ1n) is 14.3. The highest BCUT2D eigenvalue weighted by Crippen LogP contribution is 2.54. The van der Waals surface area contributed by atoms with Crippen molar-refractivity contribution in [3.63, 3.8) is 0 Å². The Morgan fingerprint density at radius 3 is 2.69 bits per heavy atom. The lowest BCUT2D eigenvalue weighted by Crippen LogP contribution is -2.29. The molecule has 14 heteroatoms. The number of anilines is 1. The Hall–Kier alpha value is -4.06. The molecule has 1 saturated heterocycles. The summed E-state index contributed by atoms with van der Waals surface area (Å²) in [6.07, 6.45) is -1.15. The molecule has 6 rings (SSSR count). The van der Waals surface area contributed by atoms with E-state index in [0.29, 0.717) is 16.9 Å². The summed E-state index contributed by atoms with van der Waals surface area (Å²) in [4.78, 5) is 25.5. The van der Waals surface area contributed by atoms with E-state index >= 15 is 0 Å². The number of nitrogens with two attached hydrogens (primary N) is 1. The molecule has 3 aromatic carbocycles. The highest BCUT2D eigenvalue weighted by Gasteiger charge is 2.44. The smallest absolute Gasteiger partial charge is 0.380 e. The van der Waals surface area contributed by atoms with E-state index in [1.807, 2.05) is 60.7 Å². The standard InChI is InChI=1S/C31H31ClN5O7P/c1-19(30(39)41-16-20-8-3-2-4-9-20)17-45(40,43-23-13-7-11-21-10-5-6-12-22(21)23)44-24-14-26(42-25(24)15-38)37-18-34-27-28(33)35-31(32)36-29(27)37/h2-13,18-19,24-26,38H,14-17H2,1H3,(H2,33,35,36)/t19-,24?,25-,26-,45?/m1/s1. The molecule has 2 unspecified atom stereocenters. The van der Waals surface area contributed by atoms with Crippen LogP contribution in [0.2, 0.25) is 5.28 Å². The zero-order chi connectivity index (χ0) is 31.6. The first-order chi connectivity index (χ1) is 21.7. The summed E-state index contributed by atoms with van der Waals surface area (Å²) in [6, 6.07) is 22.1. The molecule has 12 nitrogen and oxygen atoms in total. The lowest BCUT2D eigenvalue weighted by Gasteiger charge is -2.26. The summed E-state index contributed by atoms with van der Waals surface area (Å²) in [5, 5.41) is 11.8. The Kier molecular flexibility index (Phi) is 9.02. The summed E-state index contributed by atoms with van der Waals surface area (Å²) >= 11 is 6.04. The van der Waals surface area contributed by atoms with Crippen LogP contribution in [0.25, 0.3) is 21.9 Å². The minimum atomic E-state index is -4.10. The van der Waals surface area contributed by atoms with Crippen molar-refractivity contribution in [2.45, 2.75) is 38.4 Å². The second-order valence-electron chi connectivity index (χ2n) is 10.7. The van der Waals surface area contributed by atoms with Crippen LogP contribution >= 0.6 is 19.2 Å². The SMILES string of the molecule is C[C@H](CP(=O)(Oc1cccc2ccccc12)OC1C[C@H](n2cnc3c(N)nc(Cl)nc32)O[C@@H]1CO)C(=O)OCc1ccccc1. The maximum absolute atomic E-state index is 14.7. The maximum atomic E-state index is 14.7. The number of halogens is 1. The minimum Gasteiger partial charge on any atom is -0.461 e. The van der Waals surface area contributed by atoms with Crippen LogP contribution in [-0.2, 0) is 30.0 Å². The van der Waals surface area contributed by atoms with E-state index in [9.17, 15) is 14.5 Å². The molecule has 5 aromatic rings. The molecule has 0 bridgehead atoms. The van der Waals surface area contributed by atoms with E-state index in [2.05, 4.69) is 15.0 Å². The topological polar surface area (TPSA) is 161 Å². The minimum absolute atomic E-state index is 0.0626. The third-order valence-corrected chi connectivity index (χ3v) is 9.73. The first kappa shape index (κ1) is 30.9. The van der Waals surface area contributed by atoms with Gasteiger partial charge in [-0.3, -0.25) is 13.9 Å². The number of carbonyl (C=O) groups excluding carboxylic acids is 1. The van der Waals surface area contributed by atoms with Gasteiger partial charge in [0.2, 0.25) is 5.28 Å². The molecule has 5 atom stereocenters. The largest absolute Gasteiger partial charge is 0.461 e. The third-order valence-electron chi connectivity index (χ3n) is 7.50. The molecule has 1 aliphatic heterocycles. The lowest BCUT2D eigenvalue weighted by atomic mass is 10.1. The number of hydrogen-bond acceptors (Lipinski definition) is 11. The molecule has 1 aliphatic rings. The average Bonchev–Trinajstić information content (AvgIpc) is 3.64. The average molecular weight is 652 g/mol. The molecule has 45 heavy (non-hydrogen) atoms. The summed E-state index contributed by atoms with van der Waals surface area (Å²) in [7, 11) is -4.10. The Labute approximate surface area is 263 Å². The summed E-state index contributed by atoms with van der Waals surface area (Å²) < 4.78 is 40.3. The number of benzene rings is 3. The van der Waals surface area contributed by atoms with E-state index in [1.165, 1.54) is 6.33 Å². The van der Waals surface area contributed by atoms with Gasteiger partial charge in [-0.25, -0.2) is 9.55 Å². The van der Waals surface area contributed by atoms with Crippen molar-refractivity contribution in [2.24, 2.45) is 5.92 Å². The van der Waals surface area contributed by atoms with Gasteiger partial charge >= 0.3 is 13.6 Å². The van der Waals surface area contributed by atoms with E-state index in [0.717, 1.165) is 16.3 Å². The van der Waals surface area contributed by atoms with Crippen LogP contribution < -0.4 is 10.3 Å². The van der Waals surface area contributed by atoms with Gasteiger partial charge in [0.1, 0.15) is 36.3 Å². The quantitative estimate of drug-likeness (QED) is 0.105. The summed E-state index contributed by atoms with van der Waals surface area (Å²) in [6.45, 7) is 1.24. The molecule has 2 aromatic heterocycles. The van der Waals surface area contributed by atoms with Crippen LogP contribution in [0.15, 0.2) is 79.1 Å². The number of nitrogen functional groups attached to an aromatic ring is 1. The van der Waals surface area contributed by atoms with Crippen LogP contribution in [0.1, 0.15) is 25.1 Å². The fourth-order valence-corrected chi connectivity index (χ4v) is 7.57. The second-order valence-corrected chi connectivity index (χ2v) is 13.1. The Balaban J connectivity index is 1.26. The predicted octanol–water partition coefficient (Wildman–Crippen LogP) is 5.53. The van der Waals surface area contributed by atoms with Crippen molar-refractivity contribution in [1.29, 1.82) is 0 Å². The van der Waals surface area contributed by atoms with E-state index in [-0.39, 0.29) is 30.3 Å². The van der Waals surface area contributed by atoms with Crippen molar-refractivity contribution in [2.75, 3.05) is 18.5 Å². The summed E-state index contributed by atoms with van der Waals surface area (Å²) in [5.74, 6) is -0.962. The van der Waals surface area contributed by atoms with Crippen molar-refractivity contribution >= 4 is 52.9 Å².